The summed E-state index contributed by atoms with van der Waals surface area (Å²) in [5, 5.41) is 2.63. The molecule has 1 amide bonds. The quantitative estimate of drug-likeness (QED) is 0.889. The van der Waals surface area contributed by atoms with E-state index in [0.717, 1.165) is 25.7 Å². The van der Waals surface area contributed by atoms with Crippen LogP contribution in [0.15, 0.2) is 24.3 Å². The number of carbonyl (C=O) groups is 1. The van der Waals surface area contributed by atoms with Gasteiger partial charge in [0.2, 0.25) is 5.91 Å². The van der Waals surface area contributed by atoms with Crippen LogP contribution in [0.3, 0.4) is 0 Å². The molecule has 0 unspecified atom stereocenters. The third kappa shape index (κ3) is 5.65. The van der Waals surface area contributed by atoms with Crippen LogP contribution in [0.4, 0.5) is 18.9 Å². The fourth-order valence-electron chi connectivity index (χ4n) is 2.64. The van der Waals surface area contributed by atoms with Crippen LogP contribution in [0.5, 0.6) is 5.75 Å². The van der Waals surface area contributed by atoms with Crippen molar-refractivity contribution in [1.29, 1.82) is 0 Å². The molecule has 0 spiro atoms. The highest BCUT2D eigenvalue weighted by Crippen LogP contribution is 2.28. The average Bonchev–Trinajstić information content (AvgIpc) is 2.38. The van der Waals surface area contributed by atoms with Gasteiger partial charge in [-0.2, -0.15) is 0 Å². The van der Waals surface area contributed by atoms with Gasteiger partial charge in [-0.15, -0.1) is 13.2 Å². The number of anilines is 1. The van der Waals surface area contributed by atoms with Crippen LogP contribution in [-0.4, -0.2) is 12.3 Å². The van der Waals surface area contributed by atoms with Gasteiger partial charge in [0.25, 0.3) is 0 Å². The number of benzene rings is 1. The van der Waals surface area contributed by atoms with E-state index in [0.29, 0.717) is 18.0 Å². The lowest BCUT2D eigenvalue weighted by Crippen LogP contribution is -2.19. The van der Waals surface area contributed by atoms with Crippen molar-refractivity contribution in [3.8, 4) is 5.75 Å². The Morgan fingerprint density at radius 2 is 1.95 bits per heavy atom. The van der Waals surface area contributed by atoms with Crippen LogP contribution >= 0.6 is 0 Å². The summed E-state index contributed by atoms with van der Waals surface area (Å²) in [6, 6.07) is 5.33. The zero-order chi connectivity index (χ0) is 15.3. The Balaban J connectivity index is 1.89. The molecule has 21 heavy (non-hydrogen) atoms. The van der Waals surface area contributed by atoms with Crippen molar-refractivity contribution in [3.05, 3.63) is 24.3 Å². The Bertz CT molecular complexity index is 482. The molecule has 116 valence electrons. The Morgan fingerprint density at radius 1 is 1.24 bits per heavy atom. The Kier molecular flexibility index (Phi) is 5.09. The number of carbonyl (C=O) groups excluding carboxylic acids is 1. The lowest BCUT2D eigenvalue weighted by molar-refractivity contribution is -0.274. The van der Waals surface area contributed by atoms with E-state index in [9.17, 15) is 18.0 Å². The maximum Gasteiger partial charge on any atom is 0.573 e. The molecular formula is C15H18F3NO2. The molecule has 0 saturated heterocycles. The highest BCUT2D eigenvalue weighted by atomic mass is 19.4. The molecule has 1 N–H and O–H groups in total. The number of rotatable bonds is 4. The van der Waals surface area contributed by atoms with Gasteiger partial charge in [0.1, 0.15) is 5.75 Å². The van der Waals surface area contributed by atoms with Crippen LogP contribution in [0.2, 0.25) is 0 Å². The molecule has 1 aliphatic rings. The van der Waals surface area contributed by atoms with Gasteiger partial charge in [0.05, 0.1) is 0 Å². The molecular weight excluding hydrogens is 283 g/mol. The highest BCUT2D eigenvalue weighted by Gasteiger charge is 2.31. The maximum atomic E-state index is 12.1. The number of hydrogen-bond acceptors (Lipinski definition) is 2. The van der Waals surface area contributed by atoms with Gasteiger partial charge in [-0.3, -0.25) is 4.79 Å². The first-order valence-corrected chi connectivity index (χ1v) is 7.08. The third-order valence-corrected chi connectivity index (χ3v) is 3.55. The standard InChI is InChI=1S/C15H18F3NO2/c16-15(17,18)21-13-8-4-7-12(10-13)19-14(20)9-11-5-2-1-3-6-11/h4,7-8,10-11H,1-3,5-6,9H2,(H,19,20). The van der Waals surface area contributed by atoms with Crippen molar-refractivity contribution < 1.29 is 22.7 Å². The summed E-state index contributed by atoms with van der Waals surface area (Å²) in [4.78, 5) is 11.9. The van der Waals surface area contributed by atoms with E-state index in [2.05, 4.69) is 10.1 Å². The van der Waals surface area contributed by atoms with Crippen molar-refractivity contribution >= 4 is 11.6 Å². The molecule has 2 rings (SSSR count). The smallest absolute Gasteiger partial charge is 0.406 e. The third-order valence-electron chi connectivity index (χ3n) is 3.55. The molecule has 0 aromatic heterocycles. The second-order valence-electron chi connectivity index (χ2n) is 5.33. The van der Waals surface area contributed by atoms with E-state index < -0.39 is 6.36 Å². The van der Waals surface area contributed by atoms with Gasteiger partial charge in [0, 0.05) is 18.2 Å². The zero-order valence-corrected chi connectivity index (χ0v) is 11.6. The summed E-state index contributed by atoms with van der Waals surface area (Å²) in [6.07, 6.45) is 1.29. The summed E-state index contributed by atoms with van der Waals surface area (Å²) in [6.45, 7) is 0. The van der Waals surface area contributed by atoms with Gasteiger partial charge in [-0.05, 0) is 30.9 Å². The van der Waals surface area contributed by atoms with E-state index in [4.69, 9.17) is 0 Å². The van der Waals surface area contributed by atoms with Crippen LogP contribution in [0.25, 0.3) is 0 Å². The van der Waals surface area contributed by atoms with E-state index in [1.807, 2.05) is 0 Å². The molecule has 0 radical (unpaired) electrons. The van der Waals surface area contributed by atoms with Crippen LogP contribution in [0.1, 0.15) is 38.5 Å². The van der Waals surface area contributed by atoms with Crippen LogP contribution in [0, 0.1) is 5.92 Å². The largest absolute Gasteiger partial charge is 0.573 e. The lowest BCUT2D eigenvalue weighted by Gasteiger charge is -2.20. The number of nitrogens with one attached hydrogen (secondary N) is 1. The molecule has 1 aromatic carbocycles. The van der Waals surface area contributed by atoms with Crippen molar-refractivity contribution in [1.82, 2.24) is 0 Å². The zero-order valence-electron chi connectivity index (χ0n) is 11.6. The lowest BCUT2D eigenvalue weighted by atomic mass is 9.87. The minimum absolute atomic E-state index is 0.161. The molecule has 1 aliphatic carbocycles. The number of alkyl halides is 3. The van der Waals surface area contributed by atoms with Crippen molar-refractivity contribution in [2.45, 2.75) is 44.9 Å². The summed E-state index contributed by atoms with van der Waals surface area (Å²) < 4.78 is 40.2. The fourth-order valence-corrected chi connectivity index (χ4v) is 2.64. The molecule has 0 heterocycles. The van der Waals surface area contributed by atoms with Crippen molar-refractivity contribution in [2.24, 2.45) is 5.92 Å². The molecule has 6 heteroatoms. The molecule has 1 saturated carbocycles. The number of hydrogen-bond donors (Lipinski definition) is 1. The topological polar surface area (TPSA) is 38.3 Å². The number of amides is 1. The second-order valence-corrected chi connectivity index (χ2v) is 5.33. The normalized spacial score (nSPS) is 16.5. The predicted molar refractivity (Wildman–Crippen MR) is 72.9 cm³/mol. The van der Waals surface area contributed by atoms with Crippen LogP contribution in [-0.2, 0) is 4.79 Å². The Hall–Kier alpha value is -1.72. The summed E-state index contributed by atoms with van der Waals surface area (Å²) in [5.74, 6) is -0.114. The summed E-state index contributed by atoms with van der Waals surface area (Å²) in [5.41, 5.74) is 0.317. The van der Waals surface area contributed by atoms with Gasteiger partial charge in [0.15, 0.2) is 0 Å². The monoisotopic (exact) mass is 301 g/mol. The molecule has 0 atom stereocenters. The minimum atomic E-state index is -4.73. The highest BCUT2D eigenvalue weighted by molar-refractivity contribution is 5.91. The fraction of sp³-hybridized carbons (Fsp3) is 0.533. The van der Waals surface area contributed by atoms with E-state index in [-0.39, 0.29) is 11.7 Å². The predicted octanol–water partition coefficient (Wildman–Crippen LogP) is 4.49. The van der Waals surface area contributed by atoms with E-state index in [1.165, 1.54) is 24.6 Å². The summed E-state index contributed by atoms with van der Waals surface area (Å²) in [7, 11) is 0. The van der Waals surface area contributed by atoms with E-state index in [1.54, 1.807) is 6.07 Å². The maximum absolute atomic E-state index is 12.1. The first kappa shape index (κ1) is 15.7. The van der Waals surface area contributed by atoms with Gasteiger partial charge >= 0.3 is 6.36 Å². The molecule has 0 bridgehead atoms. The first-order chi connectivity index (χ1) is 9.92. The number of ether oxygens (including phenoxy) is 1. The van der Waals surface area contributed by atoms with Gasteiger partial charge < -0.3 is 10.1 Å². The average molecular weight is 301 g/mol. The Morgan fingerprint density at radius 3 is 2.62 bits per heavy atom. The van der Waals surface area contributed by atoms with Crippen molar-refractivity contribution in [3.63, 3.8) is 0 Å². The molecule has 1 aromatic rings. The molecule has 3 nitrogen and oxygen atoms in total. The Labute approximate surface area is 121 Å². The molecule has 0 aliphatic heterocycles. The SMILES string of the molecule is O=C(CC1CCCCC1)Nc1cccc(OC(F)(F)F)c1. The van der Waals surface area contributed by atoms with E-state index >= 15 is 0 Å². The number of halogens is 3. The second kappa shape index (κ2) is 6.83. The minimum Gasteiger partial charge on any atom is -0.406 e. The van der Waals surface area contributed by atoms with Gasteiger partial charge in [-0.25, -0.2) is 0 Å². The van der Waals surface area contributed by atoms with Crippen molar-refractivity contribution in [2.75, 3.05) is 5.32 Å². The summed E-state index contributed by atoms with van der Waals surface area (Å²) >= 11 is 0. The van der Waals surface area contributed by atoms with Gasteiger partial charge in [-0.1, -0.05) is 25.3 Å². The molecule has 1 fully saturated rings. The first-order valence-electron chi connectivity index (χ1n) is 7.08. The van der Waals surface area contributed by atoms with Crippen LogP contribution < -0.4 is 10.1 Å².